The molecule has 3 aromatic heterocycles. The van der Waals surface area contributed by atoms with Gasteiger partial charge in [0.15, 0.2) is 12.4 Å². The van der Waals surface area contributed by atoms with Crippen molar-refractivity contribution in [2.45, 2.75) is 6.18 Å². The predicted molar refractivity (Wildman–Crippen MR) is 69.9 cm³/mol. The van der Waals surface area contributed by atoms with Gasteiger partial charge in [-0.15, -0.1) is 0 Å². The predicted octanol–water partition coefficient (Wildman–Crippen LogP) is 3.48. The molecule has 0 spiro atoms. The first-order chi connectivity index (χ1) is 10.8. The summed E-state index contributed by atoms with van der Waals surface area (Å²) in [5, 5.41) is 3.94. The second-order valence-corrected chi connectivity index (χ2v) is 4.45. The molecular weight excluding hydrogens is 302 g/mol. The third kappa shape index (κ3) is 3.00. The molecule has 0 bridgehead atoms. The van der Waals surface area contributed by atoms with Crippen molar-refractivity contribution in [1.82, 2.24) is 14.6 Å². The van der Waals surface area contributed by atoms with Gasteiger partial charge in [0.05, 0.1) is 6.89 Å². The highest BCUT2D eigenvalue weighted by molar-refractivity contribution is 5.68. The number of hydrogen-bond donors (Lipinski definition) is 0. The smallest absolute Gasteiger partial charge is 0.422 e. The molecule has 8 heteroatoms. The maximum Gasteiger partial charge on any atom is 0.422 e. The van der Waals surface area contributed by atoms with E-state index in [1.165, 1.54) is 16.9 Å². The highest BCUT2D eigenvalue weighted by Crippen LogP contribution is 2.25. The molecular formula is C14H9F4N3O. The number of pyridine rings is 2. The van der Waals surface area contributed by atoms with Crippen LogP contribution in [0.25, 0.3) is 16.6 Å². The lowest BCUT2D eigenvalue weighted by Gasteiger charge is -2.10. The van der Waals surface area contributed by atoms with Gasteiger partial charge in [0.25, 0.3) is 5.88 Å². The molecule has 0 saturated heterocycles. The molecule has 0 aromatic carbocycles. The van der Waals surface area contributed by atoms with Crippen molar-refractivity contribution in [3.8, 4) is 17.0 Å². The van der Waals surface area contributed by atoms with Gasteiger partial charge < -0.3 is 4.74 Å². The summed E-state index contributed by atoms with van der Waals surface area (Å²) in [6, 6.07) is 4.48. The molecule has 0 saturated carbocycles. The molecule has 114 valence electrons. The Morgan fingerprint density at radius 3 is 2.82 bits per heavy atom. The molecule has 0 radical (unpaired) electrons. The summed E-state index contributed by atoms with van der Waals surface area (Å²) in [6.45, 7) is -1.61. The Kier molecular flexibility index (Phi) is 3.14. The third-order valence-electron chi connectivity index (χ3n) is 2.84. The lowest BCUT2D eigenvalue weighted by Crippen LogP contribution is -2.20. The minimum Gasteiger partial charge on any atom is -0.466 e. The van der Waals surface area contributed by atoms with E-state index in [9.17, 15) is 17.6 Å². The molecule has 0 aliphatic heterocycles. The van der Waals surface area contributed by atoms with Gasteiger partial charge in [0.1, 0.15) is 0 Å². The molecule has 3 heterocycles. The van der Waals surface area contributed by atoms with Crippen LogP contribution < -0.4 is 4.74 Å². The van der Waals surface area contributed by atoms with Crippen LogP contribution >= 0.6 is 0 Å². The number of hydrogen-bond acceptors (Lipinski definition) is 3. The standard InChI is InChI=1S/C14H9F4N3O/c15-12-6-10(7-19-13(12)22-8-14(16,17)18)9-2-4-21-11(5-9)1-3-20-21/h1-7H,8H2/i1D. The molecule has 3 rings (SSSR count). The van der Waals surface area contributed by atoms with Crippen molar-refractivity contribution in [3.63, 3.8) is 0 Å². The molecule has 0 aliphatic rings. The Balaban J connectivity index is 1.90. The molecule has 0 fully saturated rings. The highest BCUT2D eigenvalue weighted by Gasteiger charge is 2.29. The highest BCUT2D eigenvalue weighted by atomic mass is 19.4. The number of rotatable bonds is 3. The van der Waals surface area contributed by atoms with Crippen LogP contribution in [0.4, 0.5) is 17.6 Å². The van der Waals surface area contributed by atoms with Crippen molar-refractivity contribution in [2.75, 3.05) is 6.61 Å². The SMILES string of the molecule is [2H]c1cnn2ccc(-c3cnc(OCC(F)(F)F)c(F)c3)cc12. The molecule has 0 amide bonds. The van der Waals surface area contributed by atoms with E-state index >= 15 is 0 Å². The maximum absolute atomic E-state index is 13.8. The Bertz CT molecular complexity index is 863. The van der Waals surface area contributed by atoms with Crippen LogP contribution in [-0.4, -0.2) is 27.4 Å². The Labute approximate surface area is 123 Å². The summed E-state index contributed by atoms with van der Waals surface area (Å²) in [4.78, 5) is 3.58. The molecule has 0 atom stereocenters. The van der Waals surface area contributed by atoms with Crippen molar-refractivity contribution < 1.29 is 23.7 Å². The monoisotopic (exact) mass is 312 g/mol. The van der Waals surface area contributed by atoms with Crippen LogP contribution in [0.3, 0.4) is 0 Å². The first-order valence-corrected chi connectivity index (χ1v) is 6.13. The van der Waals surface area contributed by atoms with Crippen LogP contribution in [0.5, 0.6) is 5.88 Å². The molecule has 0 aliphatic carbocycles. The van der Waals surface area contributed by atoms with E-state index in [1.54, 1.807) is 18.3 Å². The Morgan fingerprint density at radius 2 is 2.09 bits per heavy atom. The van der Waals surface area contributed by atoms with Gasteiger partial charge in [-0.05, 0) is 29.8 Å². The van der Waals surface area contributed by atoms with E-state index in [0.29, 0.717) is 16.6 Å². The van der Waals surface area contributed by atoms with Crippen molar-refractivity contribution in [2.24, 2.45) is 0 Å². The molecule has 0 N–H and O–H groups in total. The zero-order valence-corrected chi connectivity index (χ0v) is 10.9. The summed E-state index contributed by atoms with van der Waals surface area (Å²) in [7, 11) is 0. The zero-order valence-electron chi connectivity index (χ0n) is 11.9. The van der Waals surface area contributed by atoms with E-state index in [0.717, 1.165) is 6.07 Å². The average molecular weight is 312 g/mol. The van der Waals surface area contributed by atoms with Crippen LogP contribution in [0.15, 0.2) is 42.8 Å². The minimum atomic E-state index is -4.57. The van der Waals surface area contributed by atoms with Gasteiger partial charge >= 0.3 is 6.18 Å². The van der Waals surface area contributed by atoms with Gasteiger partial charge in [-0.25, -0.2) is 13.9 Å². The van der Waals surface area contributed by atoms with Crippen molar-refractivity contribution in [1.29, 1.82) is 0 Å². The van der Waals surface area contributed by atoms with Crippen LogP contribution in [0.1, 0.15) is 1.37 Å². The molecule has 3 aromatic rings. The summed E-state index contributed by atoms with van der Waals surface area (Å²) in [6.07, 6.45) is -0.397. The first-order valence-electron chi connectivity index (χ1n) is 6.63. The van der Waals surface area contributed by atoms with Gasteiger partial charge in [-0.1, -0.05) is 0 Å². The van der Waals surface area contributed by atoms with E-state index in [4.69, 9.17) is 1.37 Å². The summed E-state index contributed by atoms with van der Waals surface area (Å²) in [5.74, 6) is -1.70. The van der Waals surface area contributed by atoms with Crippen LogP contribution in [-0.2, 0) is 0 Å². The van der Waals surface area contributed by atoms with E-state index in [1.807, 2.05) is 0 Å². The van der Waals surface area contributed by atoms with Crippen LogP contribution in [0.2, 0.25) is 0 Å². The molecule has 0 unspecified atom stereocenters. The van der Waals surface area contributed by atoms with Crippen molar-refractivity contribution >= 4 is 5.52 Å². The van der Waals surface area contributed by atoms with E-state index < -0.39 is 24.5 Å². The summed E-state index contributed by atoms with van der Waals surface area (Å²) in [5.41, 5.74) is 1.42. The summed E-state index contributed by atoms with van der Waals surface area (Å²) < 4.78 is 63.5. The van der Waals surface area contributed by atoms with E-state index in [2.05, 4.69) is 14.8 Å². The number of fused-ring (bicyclic) bond motifs is 1. The van der Waals surface area contributed by atoms with Gasteiger partial charge in [0.2, 0.25) is 0 Å². The number of nitrogens with zero attached hydrogens (tertiary/aromatic N) is 3. The normalized spacial score (nSPS) is 12.5. The fourth-order valence-corrected chi connectivity index (χ4v) is 1.88. The second kappa shape index (κ2) is 5.28. The fraction of sp³-hybridized carbons (Fsp3) is 0.143. The fourth-order valence-electron chi connectivity index (χ4n) is 1.88. The van der Waals surface area contributed by atoms with Gasteiger partial charge in [-0.3, -0.25) is 0 Å². The van der Waals surface area contributed by atoms with Gasteiger partial charge in [0, 0.05) is 24.2 Å². The lowest BCUT2D eigenvalue weighted by atomic mass is 10.1. The zero-order chi connectivity index (χ0) is 16.6. The van der Waals surface area contributed by atoms with Crippen LogP contribution in [0, 0.1) is 5.82 Å². The number of aromatic nitrogens is 3. The Hall–Kier alpha value is -2.64. The number of ether oxygens (including phenoxy) is 1. The third-order valence-corrected chi connectivity index (χ3v) is 2.84. The maximum atomic E-state index is 13.8. The lowest BCUT2D eigenvalue weighted by molar-refractivity contribution is -0.154. The first kappa shape index (κ1) is 13.1. The number of alkyl halides is 3. The topological polar surface area (TPSA) is 39.4 Å². The summed E-state index contributed by atoms with van der Waals surface area (Å²) >= 11 is 0. The number of halogens is 4. The van der Waals surface area contributed by atoms with E-state index in [-0.39, 0.29) is 6.04 Å². The van der Waals surface area contributed by atoms with Crippen molar-refractivity contribution in [3.05, 3.63) is 48.6 Å². The van der Waals surface area contributed by atoms with Gasteiger partial charge in [-0.2, -0.15) is 18.3 Å². The quantitative estimate of drug-likeness (QED) is 0.695. The molecule has 22 heavy (non-hydrogen) atoms. The average Bonchev–Trinajstić information content (AvgIpc) is 2.86. The minimum absolute atomic E-state index is 0.199. The Morgan fingerprint density at radius 1 is 1.27 bits per heavy atom. The largest absolute Gasteiger partial charge is 0.466 e. The second-order valence-electron chi connectivity index (χ2n) is 4.45. The molecule has 4 nitrogen and oxygen atoms in total.